The molecule has 14 nitrogen and oxygen atoms in total. The van der Waals surface area contributed by atoms with Crippen LogP contribution in [0.15, 0.2) is 85.1 Å². The molecule has 2 fully saturated rings. The fourth-order valence-electron chi connectivity index (χ4n) is 8.41. The number of unbranched alkanes of at least 4 members (excludes halogenated alkanes) is 16. The average Bonchev–Trinajstić information content (AvgIpc) is 3.39. The van der Waals surface area contributed by atoms with E-state index in [1.807, 2.05) is 0 Å². The summed E-state index contributed by atoms with van der Waals surface area (Å²) in [5.41, 5.74) is 0. The lowest BCUT2D eigenvalue weighted by atomic mass is 9.98. The van der Waals surface area contributed by atoms with E-state index in [0.29, 0.717) is 13.0 Å². The molecule has 420 valence electrons. The highest BCUT2D eigenvalue weighted by Crippen LogP contribution is 2.26. The van der Waals surface area contributed by atoms with E-state index in [4.69, 9.17) is 28.4 Å². The molecule has 0 spiro atoms. The van der Waals surface area contributed by atoms with E-state index in [2.05, 4.69) is 98.9 Å². The van der Waals surface area contributed by atoms with E-state index in [1.165, 1.54) is 57.8 Å². The summed E-state index contributed by atoms with van der Waals surface area (Å²) in [5.74, 6) is -0.390. The van der Waals surface area contributed by atoms with Crippen LogP contribution in [-0.2, 0) is 33.2 Å². The molecule has 11 unspecified atom stereocenters. The number of carbonyl (C=O) groups excluding carboxylic acids is 1. The Labute approximate surface area is 439 Å². The van der Waals surface area contributed by atoms with Gasteiger partial charge in [0.2, 0.25) is 0 Å². The summed E-state index contributed by atoms with van der Waals surface area (Å²) < 4.78 is 34.4. The molecule has 2 aliphatic heterocycles. The van der Waals surface area contributed by atoms with Crippen LogP contribution in [0.1, 0.15) is 181 Å². The number of allylic oxidation sites excluding steroid dienone is 14. The third-order valence-corrected chi connectivity index (χ3v) is 12.9. The predicted molar refractivity (Wildman–Crippen MR) is 288 cm³/mol. The number of hydrogen-bond donors (Lipinski definition) is 7. The quantitative estimate of drug-likeness (QED) is 0.0172. The molecule has 2 rings (SSSR count). The van der Waals surface area contributed by atoms with Crippen LogP contribution >= 0.6 is 0 Å². The van der Waals surface area contributed by atoms with Crippen LogP contribution in [0.4, 0.5) is 0 Å². The van der Waals surface area contributed by atoms with Gasteiger partial charge in [-0.15, -0.1) is 0 Å². The van der Waals surface area contributed by atoms with Crippen molar-refractivity contribution in [2.24, 2.45) is 0 Å². The molecule has 0 aliphatic carbocycles. The molecule has 2 heterocycles. The molecule has 7 N–H and O–H groups in total. The van der Waals surface area contributed by atoms with Gasteiger partial charge in [-0.2, -0.15) is 0 Å². The largest absolute Gasteiger partial charge is 0.457 e. The molecule has 0 amide bonds. The SMILES string of the molecule is CC/C=C\C/C=C\C/C=C\C/C=C\CCCCCCCCCCC(=O)OC(COCCCCCCCCCC/C=C\C/C=C\C/C=C\CC)COC1OC(COC2OC(CO)C(O)C(O)C2O)C(O)C(O)C1O. The van der Waals surface area contributed by atoms with Crippen molar-refractivity contribution in [1.29, 1.82) is 0 Å². The van der Waals surface area contributed by atoms with Gasteiger partial charge in [0.15, 0.2) is 12.6 Å². The van der Waals surface area contributed by atoms with Crippen molar-refractivity contribution in [2.75, 3.05) is 33.0 Å². The number of hydrogen-bond acceptors (Lipinski definition) is 14. The number of carbonyl (C=O) groups is 1. The Morgan fingerprint density at radius 3 is 1.33 bits per heavy atom. The van der Waals surface area contributed by atoms with Crippen molar-refractivity contribution < 1.29 is 69.0 Å². The van der Waals surface area contributed by atoms with Gasteiger partial charge in [0.05, 0.1) is 26.4 Å². The normalized spacial score (nSPS) is 25.6. The minimum absolute atomic E-state index is 0.0483. The van der Waals surface area contributed by atoms with Gasteiger partial charge < -0.3 is 64.2 Å². The molecule has 0 radical (unpaired) electrons. The van der Waals surface area contributed by atoms with Crippen molar-refractivity contribution in [2.45, 2.75) is 248 Å². The summed E-state index contributed by atoms with van der Waals surface area (Å²) in [6.45, 7) is 3.43. The van der Waals surface area contributed by atoms with E-state index < -0.39 is 86.7 Å². The maximum atomic E-state index is 13.1. The van der Waals surface area contributed by atoms with Crippen molar-refractivity contribution in [3.8, 4) is 0 Å². The maximum Gasteiger partial charge on any atom is 0.306 e. The minimum Gasteiger partial charge on any atom is -0.457 e. The van der Waals surface area contributed by atoms with E-state index in [1.54, 1.807) is 0 Å². The second-order valence-electron chi connectivity index (χ2n) is 19.3. The van der Waals surface area contributed by atoms with Crippen LogP contribution < -0.4 is 0 Å². The average molecular weight is 1030 g/mol. The van der Waals surface area contributed by atoms with Gasteiger partial charge in [-0.1, -0.05) is 176 Å². The number of rotatable bonds is 44. The van der Waals surface area contributed by atoms with Gasteiger partial charge in [-0.25, -0.2) is 0 Å². The molecular formula is C59H100O14. The van der Waals surface area contributed by atoms with E-state index >= 15 is 0 Å². The Hall–Kier alpha value is -2.83. The second-order valence-corrected chi connectivity index (χ2v) is 19.3. The van der Waals surface area contributed by atoms with Crippen molar-refractivity contribution in [3.63, 3.8) is 0 Å². The first-order chi connectivity index (χ1) is 35.6. The zero-order chi connectivity index (χ0) is 53.0. The van der Waals surface area contributed by atoms with Crippen molar-refractivity contribution >= 4 is 5.97 Å². The molecular weight excluding hydrogens is 933 g/mol. The third-order valence-electron chi connectivity index (χ3n) is 12.9. The van der Waals surface area contributed by atoms with E-state index in [9.17, 15) is 40.5 Å². The highest BCUT2D eigenvalue weighted by molar-refractivity contribution is 5.69. The minimum atomic E-state index is -1.71. The molecule has 0 bridgehead atoms. The Kier molecular flexibility index (Phi) is 41.2. The zero-order valence-electron chi connectivity index (χ0n) is 44.8. The maximum absolute atomic E-state index is 13.1. The number of aliphatic hydroxyl groups is 7. The van der Waals surface area contributed by atoms with Crippen molar-refractivity contribution in [3.05, 3.63) is 85.1 Å². The number of aliphatic hydroxyl groups excluding tert-OH is 7. The molecule has 73 heavy (non-hydrogen) atoms. The first kappa shape index (κ1) is 66.3. The van der Waals surface area contributed by atoms with Gasteiger partial charge in [0.1, 0.15) is 54.9 Å². The van der Waals surface area contributed by atoms with Gasteiger partial charge in [0, 0.05) is 13.0 Å². The zero-order valence-corrected chi connectivity index (χ0v) is 44.8. The van der Waals surface area contributed by atoms with Crippen molar-refractivity contribution in [1.82, 2.24) is 0 Å². The summed E-state index contributed by atoms with van der Waals surface area (Å²) in [4.78, 5) is 13.1. The summed E-state index contributed by atoms with van der Waals surface area (Å²) in [6.07, 6.45) is 42.1. The van der Waals surface area contributed by atoms with Crippen LogP contribution in [0.2, 0.25) is 0 Å². The van der Waals surface area contributed by atoms with E-state index in [0.717, 1.165) is 96.3 Å². The first-order valence-corrected chi connectivity index (χ1v) is 28.2. The number of ether oxygens (including phenoxy) is 6. The van der Waals surface area contributed by atoms with Gasteiger partial charge in [-0.05, 0) is 83.5 Å². The van der Waals surface area contributed by atoms with E-state index in [-0.39, 0.29) is 19.6 Å². The first-order valence-electron chi connectivity index (χ1n) is 28.2. The lowest BCUT2D eigenvalue weighted by Crippen LogP contribution is -2.61. The van der Waals surface area contributed by atoms with Crippen LogP contribution in [0.25, 0.3) is 0 Å². The van der Waals surface area contributed by atoms with Crippen LogP contribution in [0.5, 0.6) is 0 Å². The van der Waals surface area contributed by atoms with Gasteiger partial charge in [0.25, 0.3) is 0 Å². The number of esters is 1. The summed E-state index contributed by atoms with van der Waals surface area (Å²) in [6, 6.07) is 0. The van der Waals surface area contributed by atoms with Crippen LogP contribution in [-0.4, -0.2) is 142 Å². The van der Waals surface area contributed by atoms with Crippen LogP contribution in [0.3, 0.4) is 0 Å². The lowest BCUT2D eigenvalue weighted by Gasteiger charge is -2.42. The monoisotopic (exact) mass is 1030 g/mol. The second kappa shape index (κ2) is 45.4. The Balaban J connectivity index is 1.74. The fourth-order valence-corrected chi connectivity index (χ4v) is 8.41. The molecule has 0 aromatic rings. The summed E-state index contributed by atoms with van der Waals surface area (Å²) >= 11 is 0. The summed E-state index contributed by atoms with van der Waals surface area (Å²) in [5, 5.41) is 72.3. The molecule has 2 aliphatic rings. The molecule has 11 atom stereocenters. The smallest absolute Gasteiger partial charge is 0.306 e. The molecule has 0 saturated carbocycles. The molecule has 14 heteroatoms. The van der Waals surface area contributed by atoms with Crippen LogP contribution in [0, 0.1) is 0 Å². The predicted octanol–water partition coefficient (Wildman–Crippen LogP) is 9.63. The van der Waals surface area contributed by atoms with Gasteiger partial charge in [-0.3, -0.25) is 4.79 Å². The topological polar surface area (TPSA) is 214 Å². The Morgan fingerprint density at radius 1 is 0.452 bits per heavy atom. The Bertz CT molecular complexity index is 1530. The Morgan fingerprint density at radius 2 is 0.849 bits per heavy atom. The summed E-state index contributed by atoms with van der Waals surface area (Å²) in [7, 11) is 0. The van der Waals surface area contributed by atoms with Gasteiger partial charge >= 0.3 is 5.97 Å². The highest BCUT2D eigenvalue weighted by atomic mass is 16.7. The lowest BCUT2D eigenvalue weighted by molar-refractivity contribution is -0.332. The standard InChI is InChI=1S/C59H100O14/c1-3-5-7-9-11-13-15-17-19-21-23-24-25-26-28-30-32-34-36-38-40-42-51(61)71-48(45-68-43-41-39-37-35-33-31-29-27-22-20-18-16-14-12-10-8-6-4-2)46-69-58-57(67)55(65)53(63)50(73-58)47-70-59-56(66)54(64)52(62)49(44-60)72-59/h5-8,11-14,17-20,23-24,48-50,52-60,62-67H,3-4,9-10,15-16,21-22,25-47H2,1-2H3/b7-5-,8-6-,13-11-,14-12-,19-17-,20-18-,24-23-. The molecule has 0 aromatic carbocycles. The third kappa shape index (κ3) is 32.4. The molecule has 0 aromatic heterocycles. The molecule has 2 saturated heterocycles. The fraction of sp³-hybridized carbons (Fsp3) is 0.746. The highest BCUT2D eigenvalue weighted by Gasteiger charge is 2.47.